The van der Waals surface area contributed by atoms with E-state index in [1.165, 1.54) is 0 Å². The van der Waals surface area contributed by atoms with Gasteiger partial charge in [0.2, 0.25) is 0 Å². The number of hydrogen-bond donors (Lipinski definition) is 1. The first-order chi connectivity index (χ1) is 8.79. The molecule has 0 aromatic heterocycles. The lowest BCUT2D eigenvalue weighted by atomic mass is 10.1. The molecule has 1 N–H and O–H groups in total. The summed E-state index contributed by atoms with van der Waals surface area (Å²) in [6.07, 6.45) is 0. The van der Waals surface area contributed by atoms with Crippen LogP contribution >= 0.6 is 0 Å². The molecule has 0 spiro atoms. The van der Waals surface area contributed by atoms with Crippen LogP contribution in [0.1, 0.15) is 11.1 Å². The Kier molecular flexibility index (Phi) is 3.78. The minimum Gasteiger partial charge on any atom is -0.381 e. The third-order valence-electron chi connectivity index (χ3n) is 2.70. The van der Waals surface area contributed by atoms with Crippen LogP contribution in [-0.4, -0.2) is 6.54 Å². The molecule has 0 radical (unpaired) electrons. The highest BCUT2D eigenvalue weighted by molar-refractivity contribution is 5.67. The molecule has 2 aromatic carbocycles. The summed E-state index contributed by atoms with van der Waals surface area (Å²) in [5.41, 5.74) is 3.84. The minimum atomic E-state index is 0.669. The second kappa shape index (κ2) is 5.70. The van der Waals surface area contributed by atoms with Crippen molar-refractivity contribution in [1.82, 2.24) is 0 Å². The van der Waals surface area contributed by atoms with E-state index >= 15 is 0 Å². The zero-order valence-electron chi connectivity index (χ0n) is 10.1. The van der Waals surface area contributed by atoms with E-state index in [0.717, 1.165) is 16.8 Å². The van der Waals surface area contributed by atoms with E-state index in [2.05, 4.69) is 18.0 Å². The number of anilines is 1. The summed E-state index contributed by atoms with van der Waals surface area (Å²) in [6, 6.07) is 19.6. The fourth-order valence-electron chi connectivity index (χ4n) is 1.65. The summed E-state index contributed by atoms with van der Waals surface area (Å²) in [7, 11) is 0. The second-order valence-electron chi connectivity index (χ2n) is 4.01. The lowest BCUT2D eigenvalue weighted by Gasteiger charge is -2.09. The Morgan fingerprint density at radius 2 is 1.72 bits per heavy atom. The Labute approximate surface area is 107 Å². The maximum Gasteiger partial charge on any atom is 0.0991 e. The number of benzene rings is 2. The van der Waals surface area contributed by atoms with Crippen molar-refractivity contribution in [3.63, 3.8) is 0 Å². The Hall–Kier alpha value is -2.53. The predicted octanol–water partition coefficient (Wildman–Crippen LogP) is 3.68. The van der Waals surface area contributed by atoms with Crippen LogP contribution in [0.15, 0.2) is 61.2 Å². The molecule has 2 nitrogen and oxygen atoms in total. The van der Waals surface area contributed by atoms with Crippen LogP contribution in [-0.2, 0) is 0 Å². The van der Waals surface area contributed by atoms with Gasteiger partial charge in [-0.15, -0.1) is 0 Å². The molecular formula is C16H14N2. The first-order valence-electron chi connectivity index (χ1n) is 5.77. The summed E-state index contributed by atoms with van der Waals surface area (Å²) in [5.74, 6) is 0. The van der Waals surface area contributed by atoms with Gasteiger partial charge in [0, 0.05) is 12.2 Å². The van der Waals surface area contributed by atoms with Crippen LogP contribution in [0.25, 0.3) is 5.57 Å². The lowest BCUT2D eigenvalue weighted by Crippen LogP contribution is -2.03. The molecular weight excluding hydrogens is 220 g/mol. The molecule has 18 heavy (non-hydrogen) atoms. The van der Waals surface area contributed by atoms with Crippen molar-refractivity contribution < 1.29 is 0 Å². The Morgan fingerprint density at radius 3 is 2.33 bits per heavy atom. The zero-order chi connectivity index (χ0) is 12.8. The van der Waals surface area contributed by atoms with Gasteiger partial charge in [-0.3, -0.25) is 0 Å². The standard InChI is InChI=1S/C16H14N2/c1-13(15-5-3-2-4-6-15)12-18-16-9-7-14(11-17)8-10-16/h2-10,18H,1,12H2. The molecule has 0 heterocycles. The van der Waals surface area contributed by atoms with E-state index in [-0.39, 0.29) is 0 Å². The summed E-state index contributed by atoms with van der Waals surface area (Å²) in [5, 5.41) is 12.0. The summed E-state index contributed by atoms with van der Waals surface area (Å²) >= 11 is 0. The molecule has 2 rings (SSSR count). The van der Waals surface area contributed by atoms with Gasteiger partial charge in [0.25, 0.3) is 0 Å². The molecule has 0 atom stereocenters. The molecule has 2 heteroatoms. The van der Waals surface area contributed by atoms with Gasteiger partial charge in [-0.25, -0.2) is 0 Å². The molecule has 0 fully saturated rings. The van der Waals surface area contributed by atoms with Crippen molar-refractivity contribution in [1.29, 1.82) is 5.26 Å². The number of nitriles is 1. The third kappa shape index (κ3) is 2.99. The number of rotatable bonds is 4. The van der Waals surface area contributed by atoms with Crippen molar-refractivity contribution in [3.05, 3.63) is 72.3 Å². The number of hydrogen-bond acceptors (Lipinski definition) is 2. The average molecular weight is 234 g/mol. The Balaban J connectivity index is 1.95. The quantitative estimate of drug-likeness (QED) is 0.875. The fraction of sp³-hybridized carbons (Fsp3) is 0.0625. The Bertz CT molecular complexity index is 562. The SMILES string of the molecule is C=C(CNc1ccc(C#N)cc1)c1ccccc1. The molecule has 0 aliphatic carbocycles. The molecule has 0 unspecified atom stereocenters. The molecule has 0 amide bonds. The molecule has 0 saturated heterocycles. The van der Waals surface area contributed by atoms with E-state index in [4.69, 9.17) is 5.26 Å². The van der Waals surface area contributed by atoms with E-state index in [1.807, 2.05) is 42.5 Å². The average Bonchev–Trinajstić information content (AvgIpc) is 2.46. The largest absolute Gasteiger partial charge is 0.381 e. The topological polar surface area (TPSA) is 35.8 Å². The fourth-order valence-corrected chi connectivity index (χ4v) is 1.65. The summed E-state index contributed by atoms with van der Waals surface area (Å²) < 4.78 is 0. The van der Waals surface area contributed by atoms with Crippen molar-refractivity contribution in [2.45, 2.75) is 0 Å². The normalized spacial score (nSPS) is 9.50. The van der Waals surface area contributed by atoms with Gasteiger partial charge in [0.15, 0.2) is 0 Å². The van der Waals surface area contributed by atoms with Gasteiger partial charge < -0.3 is 5.32 Å². The van der Waals surface area contributed by atoms with E-state index < -0.39 is 0 Å². The maximum absolute atomic E-state index is 8.71. The summed E-state index contributed by atoms with van der Waals surface area (Å²) in [6.45, 7) is 4.75. The van der Waals surface area contributed by atoms with Gasteiger partial charge in [-0.2, -0.15) is 5.26 Å². The van der Waals surface area contributed by atoms with Crippen molar-refractivity contribution in [2.24, 2.45) is 0 Å². The minimum absolute atomic E-state index is 0.669. The molecule has 0 aliphatic heterocycles. The van der Waals surface area contributed by atoms with Crippen molar-refractivity contribution in [3.8, 4) is 6.07 Å². The number of nitrogens with one attached hydrogen (secondary N) is 1. The molecule has 88 valence electrons. The maximum atomic E-state index is 8.71. The highest BCUT2D eigenvalue weighted by Crippen LogP contribution is 2.14. The smallest absolute Gasteiger partial charge is 0.0991 e. The highest BCUT2D eigenvalue weighted by Gasteiger charge is 1.98. The molecule has 2 aromatic rings. The van der Waals surface area contributed by atoms with E-state index in [9.17, 15) is 0 Å². The molecule has 0 aliphatic rings. The van der Waals surface area contributed by atoms with Crippen LogP contribution < -0.4 is 5.32 Å². The predicted molar refractivity (Wildman–Crippen MR) is 75.1 cm³/mol. The zero-order valence-corrected chi connectivity index (χ0v) is 10.1. The molecule has 0 bridgehead atoms. The van der Waals surface area contributed by atoms with Crippen LogP contribution in [0.2, 0.25) is 0 Å². The highest BCUT2D eigenvalue weighted by atomic mass is 14.9. The third-order valence-corrected chi connectivity index (χ3v) is 2.70. The monoisotopic (exact) mass is 234 g/mol. The summed E-state index contributed by atoms with van der Waals surface area (Å²) in [4.78, 5) is 0. The van der Waals surface area contributed by atoms with E-state index in [1.54, 1.807) is 12.1 Å². The van der Waals surface area contributed by atoms with Crippen LogP contribution in [0.4, 0.5) is 5.69 Å². The van der Waals surface area contributed by atoms with Crippen LogP contribution in [0.3, 0.4) is 0 Å². The van der Waals surface area contributed by atoms with Crippen LogP contribution in [0.5, 0.6) is 0 Å². The van der Waals surface area contributed by atoms with Gasteiger partial charge in [-0.1, -0.05) is 36.9 Å². The lowest BCUT2D eigenvalue weighted by molar-refractivity contribution is 1.34. The Morgan fingerprint density at radius 1 is 1.06 bits per heavy atom. The van der Waals surface area contributed by atoms with Gasteiger partial charge in [-0.05, 0) is 35.4 Å². The second-order valence-corrected chi connectivity index (χ2v) is 4.01. The number of nitrogens with zero attached hydrogens (tertiary/aromatic N) is 1. The van der Waals surface area contributed by atoms with Crippen LogP contribution in [0, 0.1) is 11.3 Å². The van der Waals surface area contributed by atoms with Gasteiger partial charge in [0.05, 0.1) is 11.6 Å². The van der Waals surface area contributed by atoms with Gasteiger partial charge in [0.1, 0.15) is 0 Å². The molecule has 0 saturated carbocycles. The van der Waals surface area contributed by atoms with Gasteiger partial charge >= 0.3 is 0 Å². The van der Waals surface area contributed by atoms with Crippen molar-refractivity contribution >= 4 is 11.3 Å². The van der Waals surface area contributed by atoms with Crippen molar-refractivity contribution in [2.75, 3.05) is 11.9 Å². The van der Waals surface area contributed by atoms with E-state index in [0.29, 0.717) is 12.1 Å². The first-order valence-corrected chi connectivity index (χ1v) is 5.77. The first kappa shape index (κ1) is 11.9.